The summed E-state index contributed by atoms with van der Waals surface area (Å²) in [6.45, 7) is 5.41. The predicted octanol–water partition coefficient (Wildman–Crippen LogP) is -0.393. The molecule has 23 heavy (non-hydrogen) atoms. The third kappa shape index (κ3) is 2.38. The van der Waals surface area contributed by atoms with Gasteiger partial charge in [-0.25, -0.2) is 4.79 Å². The third-order valence-corrected chi connectivity index (χ3v) is 5.63. The second-order valence-electron chi connectivity index (χ2n) is 7.00. The number of ether oxygens (including phenoxy) is 2. The van der Waals surface area contributed by atoms with E-state index >= 15 is 0 Å². The quantitative estimate of drug-likeness (QED) is 0.462. The molecule has 3 heterocycles. The third-order valence-electron chi connectivity index (χ3n) is 5.63. The molecule has 3 rings (SSSR count). The molecule has 0 unspecified atom stereocenters. The Morgan fingerprint density at radius 3 is 2.70 bits per heavy atom. The van der Waals surface area contributed by atoms with Crippen molar-refractivity contribution >= 4 is 11.9 Å². The van der Waals surface area contributed by atoms with Crippen LogP contribution in [0.3, 0.4) is 0 Å². The Kier molecular flexibility index (Phi) is 3.78. The minimum Gasteiger partial charge on any atom is -0.460 e. The number of aliphatic hydroxyl groups is 2. The number of nitrogens with zero attached hydrogens (tertiary/aromatic N) is 1. The molecule has 0 radical (unpaired) electrons. The first-order valence-electron chi connectivity index (χ1n) is 7.91. The number of carbonyl (C=O) groups is 2. The van der Waals surface area contributed by atoms with Crippen LogP contribution in [0.15, 0.2) is 11.6 Å². The highest BCUT2D eigenvalue weighted by molar-refractivity contribution is 5.83. The summed E-state index contributed by atoms with van der Waals surface area (Å²) < 4.78 is 10.8. The smallest absolute Gasteiger partial charge is 0.341 e. The van der Waals surface area contributed by atoms with Crippen LogP contribution >= 0.6 is 0 Å². The second kappa shape index (κ2) is 5.29. The first-order valence-corrected chi connectivity index (χ1v) is 7.91. The van der Waals surface area contributed by atoms with Gasteiger partial charge < -0.3 is 19.7 Å². The van der Waals surface area contributed by atoms with Crippen LogP contribution in [-0.2, 0) is 19.1 Å². The number of cyclic esters (lactones) is 1. The van der Waals surface area contributed by atoms with E-state index in [-0.39, 0.29) is 18.8 Å². The lowest BCUT2D eigenvalue weighted by atomic mass is 9.76. The lowest BCUT2D eigenvalue weighted by Gasteiger charge is -2.39. The summed E-state index contributed by atoms with van der Waals surface area (Å²) in [6.07, 6.45) is 2.34. The summed E-state index contributed by atoms with van der Waals surface area (Å²) in [5, 5.41) is 21.1. The highest BCUT2D eigenvalue weighted by atomic mass is 16.6. The van der Waals surface area contributed by atoms with Crippen molar-refractivity contribution < 1.29 is 29.3 Å². The zero-order valence-corrected chi connectivity index (χ0v) is 13.6. The maximum Gasteiger partial charge on any atom is 0.341 e. The molecule has 5 atom stereocenters. The van der Waals surface area contributed by atoms with Crippen molar-refractivity contribution in [2.45, 2.75) is 50.5 Å². The summed E-state index contributed by atoms with van der Waals surface area (Å²) in [7, 11) is 0. The fraction of sp³-hybridized carbons (Fsp3) is 0.750. The van der Waals surface area contributed by atoms with E-state index in [1.807, 2.05) is 6.08 Å². The number of rotatable bonds is 0. The highest BCUT2D eigenvalue weighted by Gasteiger charge is 2.56. The van der Waals surface area contributed by atoms with E-state index < -0.39 is 29.1 Å². The number of hydrogen-bond donors (Lipinski definition) is 2. The molecule has 0 saturated carbocycles. The second-order valence-corrected chi connectivity index (χ2v) is 7.00. The van der Waals surface area contributed by atoms with Crippen molar-refractivity contribution in [1.29, 1.82) is 0 Å². The van der Waals surface area contributed by atoms with Crippen LogP contribution in [0.25, 0.3) is 0 Å². The molecule has 2 N–H and O–H groups in total. The van der Waals surface area contributed by atoms with Gasteiger partial charge in [0.2, 0.25) is 0 Å². The van der Waals surface area contributed by atoms with Crippen LogP contribution in [0.1, 0.15) is 27.2 Å². The molecule has 3 aliphatic heterocycles. The Hall–Kier alpha value is -1.44. The standard InChI is InChI=1S/C16H23NO6/c1-9-13(18)23-11-5-7-17-6-4-10(12(11)17)8-22-14(19)16(3,21)15(9,2)20/h4,9,11-12,20-21H,5-8H2,1-3H3/t9-,11-,12-,15+,16+/m1/s1. The molecule has 0 aromatic carbocycles. The molecule has 0 spiro atoms. The van der Waals surface area contributed by atoms with Gasteiger partial charge >= 0.3 is 11.9 Å². The molecule has 128 valence electrons. The van der Waals surface area contributed by atoms with Gasteiger partial charge in [0.15, 0.2) is 5.60 Å². The van der Waals surface area contributed by atoms with E-state index in [2.05, 4.69) is 4.90 Å². The fourth-order valence-electron chi connectivity index (χ4n) is 3.52. The van der Waals surface area contributed by atoms with Crippen molar-refractivity contribution in [2.75, 3.05) is 19.7 Å². The van der Waals surface area contributed by atoms with Gasteiger partial charge in [0.1, 0.15) is 18.3 Å². The lowest BCUT2D eigenvalue weighted by molar-refractivity contribution is -0.205. The predicted molar refractivity (Wildman–Crippen MR) is 79.3 cm³/mol. The van der Waals surface area contributed by atoms with Gasteiger partial charge in [0, 0.05) is 13.1 Å². The fourth-order valence-corrected chi connectivity index (χ4v) is 3.52. The van der Waals surface area contributed by atoms with E-state index in [9.17, 15) is 19.8 Å². The molecule has 0 aromatic rings. The Labute approximate surface area is 134 Å². The number of hydrogen-bond acceptors (Lipinski definition) is 7. The summed E-state index contributed by atoms with van der Waals surface area (Å²) in [4.78, 5) is 26.9. The van der Waals surface area contributed by atoms with Crippen molar-refractivity contribution in [3.8, 4) is 0 Å². The van der Waals surface area contributed by atoms with Gasteiger partial charge in [-0.15, -0.1) is 0 Å². The van der Waals surface area contributed by atoms with Crippen LogP contribution in [0.4, 0.5) is 0 Å². The van der Waals surface area contributed by atoms with Crippen molar-refractivity contribution in [1.82, 2.24) is 4.90 Å². The van der Waals surface area contributed by atoms with Gasteiger partial charge in [-0.2, -0.15) is 0 Å². The molecule has 7 nitrogen and oxygen atoms in total. The van der Waals surface area contributed by atoms with Crippen LogP contribution in [-0.4, -0.2) is 70.1 Å². The SMILES string of the molecule is C[C@@H]1C(=O)O[C@@H]2CCN3CC=C(COC(=O)[C@](C)(O)[C@@]1(C)O)[C@H]23. The molecule has 0 aliphatic carbocycles. The van der Waals surface area contributed by atoms with E-state index in [0.717, 1.165) is 25.6 Å². The first-order chi connectivity index (χ1) is 10.7. The molecule has 0 bridgehead atoms. The average molecular weight is 325 g/mol. The Morgan fingerprint density at radius 2 is 2.00 bits per heavy atom. The first kappa shape index (κ1) is 16.4. The lowest BCUT2D eigenvalue weighted by Crippen LogP contribution is -2.61. The average Bonchev–Trinajstić information content (AvgIpc) is 3.06. The largest absolute Gasteiger partial charge is 0.460 e. The van der Waals surface area contributed by atoms with Crippen molar-refractivity contribution in [3.63, 3.8) is 0 Å². The van der Waals surface area contributed by atoms with Crippen molar-refractivity contribution in [2.24, 2.45) is 5.92 Å². The van der Waals surface area contributed by atoms with Gasteiger partial charge in [-0.3, -0.25) is 9.69 Å². The molecule has 2 fully saturated rings. The zero-order chi connectivity index (χ0) is 17.0. The van der Waals surface area contributed by atoms with E-state index in [0.29, 0.717) is 6.42 Å². The van der Waals surface area contributed by atoms with Crippen molar-refractivity contribution in [3.05, 3.63) is 11.6 Å². The van der Waals surface area contributed by atoms with Gasteiger partial charge in [0.25, 0.3) is 0 Å². The summed E-state index contributed by atoms with van der Waals surface area (Å²) in [5.74, 6) is -2.65. The molecular weight excluding hydrogens is 302 g/mol. The Morgan fingerprint density at radius 1 is 1.30 bits per heavy atom. The zero-order valence-electron chi connectivity index (χ0n) is 13.6. The van der Waals surface area contributed by atoms with Crippen LogP contribution < -0.4 is 0 Å². The maximum absolute atomic E-state index is 12.4. The molecule has 0 aromatic heterocycles. The van der Waals surface area contributed by atoms with E-state index in [4.69, 9.17) is 9.47 Å². The minimum atomic E-state index is -2.22. The molecule has 7 heteroatoms. The summed E-state index contributed by atoms with van der Waals surface area (Å²) in [6, 6.07) is -0.0908. The Bertz CT molecular complexity index is 567. The normalized spacial score (nSPS) is 44.9. The maximum atomic E-state index is 12.4. The van der Waals surface area contributed by atoms with Gasteiger partial charge in [-0.1, -0.05) is 6.08 Å². The monoisotopic (exact) mass is 325 g/mol. The molecule has 0 amide bonds. The van der Waals surface area contributed by atoms with E-state index in [1.165, 1.54) is 13.8 Å². The summed E-state index contributed by atoms with van der Waals surface area (Å²) >= 11 is 0. The number of esters is 2. The van der Waals surface area contributed by atoms with Gasteiger partial charge in [-0.05, 0) is 32.8 Å². The highest BCUT2D eigenvalue weighted by Crippen LogP contribution is 2.36. The van der Waals surface area contributed by atoms with E-state index in [1.54, 1.807) is 0 Å². The topological polar surface area (TPSA) is 96.3 Å². The van der Waals surface area contributed by atoms with Crippen LogP contribution in [0.5, 0.6) is 0 Å². The number of carbonyl (C=O) groups excluding carboxylic acids is 2. The summed E-state index contributed by atoms with van der Waals surface area (Å²) in [5.41, 5.74) is -3.35. The van der Waals surface area contributed by atoms with Crippen LogP contribution in [0, 0.1) is 5.92 Å². The molecular formula is C16H23NO6. The minimum absolute atomic E-state index is 0.0225. The van der Waals surface area contributed by atoms with Crippen LogP contribution in [0.2, 0.25) is 0 Å². The Balaban J connectivity index is 1.97. The molecule has 2 saturated heterocycles. The molecule has 3 aliphatic rings. The van der Waals surface area contributed by atoms with Gasteiger partial charge in [0.05, 0.1) is 12.0 Å².